The topological polar surface area (TPSA) is 9.23 Å². The van der Waals surface area contributed by atoms with Crippen LogP contribution in [-0.2, 0) is 4.74 Å². The summed E-state index contributed by atoms with van der Waals surface area (Å²) in [5.74, 6) is 1.84. The Kier molecular flexibility index (Phi) is 5.26. The van der Waals surface area contributed by atoms with Crippen molar-refractivity contribution in [3.05, 3.63) is 0 Å². The summed E-state index contributed by atoms with van der Waals surface area (Å²) < 4.78 is 5.60. The molecule has 12 heavy (non-hydrogen) atoms. The lowest BCUT2D eigenvalue weighted by Crippen LogP contribution is -2.28. The first-order valence-electron chi connectivity index (χ1n) is 4.15. The summed E-state index contributed by atoms with van der Waals surface area (Å²) in [5, 5.41) is 0. The van der Waals surface area contributed by atoms with Crippen LogP contribution in [0.5, 0.6) is 0 Å². The molecular weight excluding hydrogens is 263 g/mol. The lowest BCUT2D eigenvalue weighted by Gasteiger charge is -2.18. The summed E-state index contributed by atoms with van der Waals surface area (Å²) in [5.41, 5.74) is 0. The van der Waals surface area contributed by atoms with Crippen LogP contribution in [0.25, 0.3) is 0 Å². The van der Waals surface area contributed by atoms with Crippen molar-refractivity contribution in [1.82, 2.24) is 0 Å². The molecule has 72 valence electrons. The van der Waals surface area contributed by atoms with E-state index < -0.39 is 0 Å². The minimum atomic E-state index is 0.0600. The van der Waals surface area contributed by atoms with Gasteiger partial charge in [0.25, 0.3) is 0 Å². The van der Waals surface area contributed by atoms with E-state index in [2.05, 4.69) is 15.9 Å². The van der Waals surface area contributed by atoms with E-state index in [1.807, 2.05) is 0 Å². The van der Waals surface area contributed by atoms with Gasteiger partial charge in [0.2, 0.25) is 0 Å². The molecule has 0 heterocycles. The third-order valence-corrected chi connectivity index (χ3v) is 3.87. The van der Waals surface area contributed by atoms with Gasteiger partial charge in [0.15, 0.2) is 0 Å². The van der Waals surface area contributed by atoms with Gasteiger partial charge >= 0.3 is 0 Å². The van der Waals surface area contributed by atoms with Gasteiger partial charge in [-0.1, -0.05) is 15.9 Å². The van der Waals surface area contributed by atoms with E-state index in [1.165, 1.54) is 12.8 Å². The normalized spacial score (nSPS) is 22.2. The Labute approximate surface area is 91.9 Å². The average molecular weight is 276 g/mol. The Hall–Kier alpha value is 1.02. The minimum absolute atomic E-state index is 0.0600. The fraction of sp³-hybridized carbons (Fsp3) is 1.00. The second kappa shape index (κ2) is 5.69. The zero-order valence-electron chi connectivity index (χ0n) is 6.81. The standard InChI is InChI=1S/C8H13BrCl2O/c9-7(3-10)8(4-11)12-5-6-1-2-6/h6-8H,1-5H2. The van der Waals surface area contributed by atoms with Gasteiger partial charge < -0.3 is 4.74 Å². The molecule has 0 amide bonds. The number of hydrogen-bond acceptors (Lipinski definition) is 1. The third-order valence-electron chi connectivity index (χ3n) is 1.95. The van der Waals surface area contributed by atoms with Gasteiger partial charge in [-0.25, -0.2) is 0 Å². The maximum Gasteiger partial charge on any atom is 0.0846 e. The van der Waals surface area contributed by atoms with Gasteiger partial charge in [0.1, 0.15) is 0 Å². The third kappa shape index (κ3) is 3.82. The lowest BCUT2D eigenvalue weighted by atomic mass is 10.3. The van der Waals surface area contributed by atoms with Crippen molar-refractivity contribution in [2.45, 2.75) is 23.8 Å². The van der Waals surface area contributed by atoms with E-state index in [1.54, 1.807) is 0 Å². The fourth-order valence-electron chi connectivity index (χ4n) is 0.889. The molecule has 4 heteroatoms. The molecule has 2 unspecified atom stereocenters. The number of rotatable bonds is 6. The number of alkyl halides is 3. The summed E-state index contributed by atoms with van der Waals surface area (Å²) in [6.45, 7) is 0.844. The van der Waals surface area contributed by atoms with Gasteiger partial charge in [0, 0.05) is 18.4 Å². The van der Waals surface area contributed by atoms with E-state index in [0.29, 0.717) is 11.8 Å². The highest BCUT2D eigenvalue weighted by Gasteiger charge is 2.25. The van der Waals surface area contributed by atoms with E-state index in [4.69, 9.17) is 27.9 Å². The van der Waals surface area contributed by atoms with Crippen LogP contribution < -0.4 is 0 Å². The molecule has 0 N–H and O–H groups in total. The first-order valence-corrected chi connectivity index (χ1v) is 6.14. The van der Waals surface area contributed by atoms with Crippen LogP contribution in [0, 0.1) is 5.92 Å². The van der Waals surface area contributed by atoms with Crippen LogP contribution >= 0.6 is 39.1 Å². The Morgan fingerprint density at radius 2 is 2.00 bits per heavy atom. The second-order valence-electron chi connectivity index (χ2n) is 3.14. The molecule has 0 bridgehead atoms. The maximum absolute atomic E-state index is 5.73. The lowest BCUT2D eigenvalue weighted by molar-refractivity contribution is 0.0635. The number of halogens is 3. The predicted molar refractivity (Wildman–Crippen MR) is 56.6 cm³/mol. The molecule has 0 saturated heterocycles. The van der Waals surface area contributed by atoms with Crippen molar-refractivity contribution in [3.63, 3.8) is 0 Å². The van der Waals surface area contributed by atoms with Crippen LogP contribution in [0.3, 0.4) is 0 Å². The number of ether oxygens (including phenoxy) is 1. The Bertz CT molecular complexity index is 130. The molecule has 1 saturated carbocycles. The van der Waals surface area contributed by atoms with Crippen LogP contribution in [-0.4, -0.2) is 29.3 Å². The van der Waals surface area contributed by atoms with Crippen molar-refractivity contribution < 1.29 is 4.74 Å². The molecule has 0 aromatic carbocycles. The highest BCUT2D eigenvalue weighted by molar-refractivity contribution is 9.09. The van der Waals surface area contributed by atoms with Gasteiger partial charge in [0.05, 0.1) is 10.9 Å². The molecule has 1 rings (SSSR count). The summed E-state index contributed by atoms with van der Waals surface area (Å²) in [6.07, 6.45) is 2.68. The van der Waals surface area contributed by atoms with E-state index in [9.17, 15) is 0 Å². The summed E-state index contributed by atoms with van der Waals surface area (Å²) in [4.78, 5) is 0.176. The molecule has 0 spiro atoms. The van der Waals surface area contributed by atoms with Crippen LogP contribution in [0.4, 0.5) is 0 Å². The van der Waals surface area contributed by atoms with Gasteiger partial charge in [-0.3, -0.25) is 0 Å². The van der Waals surface area contributed by atoms with E-state index in [-0.39, 0.29) is 10.9 Å². The quantitative estimate of drug-likeness (QED) is 0.677. The van der Waals surface area contributed by atoms with Gasteiger partial charge in [-0.15, -0.1) is 23.2 Å². The molecule has 0 radical (unpaired) electrons. The van der Waals surface area contributed by atoms with Crippen LogP contribution in [0.1, 0.15) is 12.8 Å². The van der Waals surface area contributed by atoms with Crippen molar-refractivity contribution in [2.24, 2.45) is 5.92 Å². The monoisotopic (exact) mass is 274 g/mol. The van der Waals surface area contributed by atoms with E-state index in [0.717, 1.165) is 12.5 Å². The van der Waals surface area contributed by atoms with Crippen molar-refractivity contribution in [2.75, 3.05) is 18.4 Å². The minimum Gasteiger partial charge on any atom is -0.375 e. The molecule has 1 nitrogen and oxygen atoms in total. The smallest absolute Gasteiger partial charge is 0.0846 e. The molecule has 0 aromatic heterocycles. The highest BCUT2D eigenvalue weighted by Crippen LogP contribution is 2.29. The summed E-state index contributed by atoms with van der Waals surface area (Å²) in [6, 6.07) is 0. The zero-order chi connectivity index (χ0) is 8.97. The molecule has 0 aliphatic heterocycles. The molecule has 0 aromatic rings. The Morgan fingerprint density at radius 1 is 1.33 bits per heavy atom. The highest BCUT2D eigenvalue weighted by atomic mass is 79.9. The van der Waals surface area contributed by atoms with Crippen molar-refractivity contribution >= 4 is 39.1 Å². The zero-order valence-corrected chi connectivity index (χ0v) is 9.91. The van der Waals surface area contributed by atoms with Crippen LogP contribution in [0.15, 0.2) is 0 Å². The second-order valence-corrected chi connectivity index (χ2v) is 4.93. The van der Waals surface area contributed by atoms with Crippen LogP contribution in [0.2, 0.25) is 0 Å². The fourth-order valence-corrected chi connectivity index (χ4v) is 1.95. The van der Waals surface area contributed by atoms with Gasteiger partial charge in [-0.2, -0.15) is 0 Å². The van der Waals surface area contributed by atoms with Crippen molar-refractivity contribution in [3.8, 4) is 0 Å². The molecular formula is C8H13BrCl2O. The first kappa shape index (κ1) is 11.1. The first-order chi connectivity index (χ1) is 5.77. The molecule has 1 aliphatic carbocycles. The maximum atomic E-state index is 5.73. The van der Waals surface area contributed by atoms with E-state index >= 15 is 0 Å². The van der Waals surface area contributed by atoms with Crippen molar-refractivity contribution in [1.29, 1.82) is 0 Å². The average Bonchev–Trinajstić information content (AvgIpc) is 2.88. The summed E-state index contributed by atoms with van der Waals surface area (Å²) >= 11 is 14.8. The Morgan fingerprint density at radius 3 is 2.42 bits per heavy atom. The van der Waals surface area contributed by atoms with Gasteiger partial charge in [-0.05, 0) is 18.8 Å². The molecule has 1 fully saturated rings. The number of hydrogen-bond donors (Lipinski definition) is 0. The predicted octanol–water partition coefficient (Wildman–Crippen LogP) is 3.02. The SMILES string of the molecule is ClCC(Br)C(CCl)OCC1CC1. The Balaban J connectivity index is 2.13. The summed E-state index contributed by atoms with van der Waals surface area (Å²) in [7, 11) is 0. The molecule has 1 aliphatic rings. The largest absolute Gasteiger partial charge is 0.375 e. The molecule has 2 atom stereocenters.